The third-order valence-electron chi connectivity index (χ3n) is 7.05. The molecule has 0 aliphatic carbocycles. The quantitative estimate of drug-likeness (QED) is 0.263. The molecule has 1 unspecified atom stereocenters. The summed E-state index contributed by atoms with van der Waals surface area (Å²) in [5, 5.41) is 4.89. The fraction of sp³-hybridized carbons (Fsp3) is 0.152. The molecule has 0 saturated carbocycles. The van der Waals surface area contributed by atoms with Gasteiger partial charge in [-0.25, -0.2) is 14.5 Å². The lowest BCUT2D eigenvalue weighted by Crippen LogP contribution is -2.39. The highest BCUT2D eigenvalue weighted by Gasteiger charge is 2.33. The minimum Gasteiger partial charge on any atom is -0.497 e. The molecule has 42 heavy (non-hydrogen) atoms. The number of hydrogen-bond donors (Lipinski definition) is 0. The van der Waals surface area contributed by atoms with Crippen LogP contribution in [0.4, 0.5) is 0 Å². The standard InChI is InChI=1S/C33H28N4O4S/c1-4-41-32(39)28-21(2)34-33-37(30(28)23-11-7-5-8-12-23)31(38)27(42-33)19-24-20-36(25-13-9-6-10-14-25)35-29(24)22-15-17-26(40-3)18-16-22/h5-20,30H,4H2,1-3H3/b27-19-. The lowest BCUT2D eigenvalue weighted by Gasteiger charge is -2.24. The molecule has 0 bridgehead atoms. The third kappa shape index (κ3) is 4.99. The summed E-state index contributed by atoms with van der Waals surface area (Å²) in [6.45, 7) is 3.77. The Kier molecular flexibility index (Phi) is 7.41. The molecule has 9 heteroatoms. The van der Waals surface area contributed by atoms with Gasteiger partial charge in [-0.15, -0.1) is 0 Å². The Labute approximate surface area is 246 Å². The van der Waals surface area contributed by atoms with Crippen molar-refractivity contribution in [2.24, 2.45) is 4.99 Å². The number of carbonyl (C=O) groups excluding carboxylic acids is 1. The predicted octanol–water partition coefficient (Wildman–Crippen LogP) is 4.66. The molecule has 3 heterocycles. The van der Waals surface area contributed by atoms with E-state index in [1.54, 1.807) is 30.2 Å². The van der Waals surface area contributed by atoms with Gasteiger partial charge in [-0.05, 0) is 61.9 Å². The average molecular weight is 577 g/mol. The maximum atomic E-state index is 14.1. The van der Waals surface area contributed by atoms with Crippen LogP contribution in [-0.2, 0) is 9.53 Å². The van der Waals surface area contributed by atoms with E-state index in [1.807, 2.05) is 97.2 Å². The van der Waals surface area contributed by atoms with E-state index in [2.05, 4.69) is 4.99 Å². The van der Waals surface area contributed by atoms with Gasteiger partial charge in [0.15, 0.2) is 4.80 Å². The second kappa shape index (κ2) is 11.5. The van der Waals surface area contributed by atoms with Crippen LogP contribution in [-0.4, -0.2) is 34.0 Å². The zero-order chi connectivity index (χ0) is 29.2. The Morgan fingerprint density at radius 2 is 1.69 bits per heavy atom. The van der Waals surface area contributed by atoms with Crippen LogP contribution in [0.25, 0.3) is 23.0 Å². The van der Waals surface area contributed by atoms with Gasteiger partial charge in [-0.3, -0.25) is 9.36 Å². The number of thiazole rings is 1. The van der Waals surface area contributed by atoms with Crippen LogP contribution < -0.4 is 19.6 Å². The van der Waals surface area contributed by atoms with Gasteiger partial charge in [0.05, 0.1) is 41.2 Å². The number of para-hydroxylation sites is 1. The third-order valence-corrected chi connectivity index (χ3v) is 8.03. The molecule has 5 aromatic rings. The number of hydrogen-bond acceptors (Lipinski definition) is 7. The van der Waals surface area contributed by atoms with Gasteiger partial charge in [-0.1, -0.05) is 59.9 Å². The number of aromatic nitrogens is 3. The van der Waals surface area contributed by atoms with Gasteiger partial charge in [0.1, 0.15) is 11.4 Å². The van der Waals surface area contributed by atoms with Crippen LogP contribution >= 0.6 is 11.3 Å². The first-order valence-electron chi connectivity index (χ1n) is 13.5. The Bertz CT molecular complexity index is 1970. The summed E-state index contributed by atoms with van der Waals surface area (Å²) in [5.41, 5.74) is 4.72. The van der Waals surface area contributed by atoms with Crippen molar-refractivity contribution in [1.82, 2.24) is 14.3 Å². The van der Waals surface area contributed by atoms with E-state index in [-0.39, 0.29) is 12.2 Å². The van der Waals surface area contributed by atoms with Crippen LogP contribution in [0.2, 0.25) is 0 Å². The van der Waals surface area contributed by atoms with Crippen LogP contribution in [0.15, 0.2) is 112 Å². The SMILES string of the molecule is CCOC(=O)C1=C(C)N=c2s/c(=C\c3cn(-c4ccccc4)nc3-c3ccc(OC)cc3)c(=O)n2C1c1ccccc1. The molecule has 0 amide bonds. The summed E-state index contributed by atoms with van der Waals surface area (Å²) in [4.78, 5) is 32.4. The van der Waals surface area contributed by atoms with Crippen molar-refractivity contribution in [2.75, 3.05) is 13.7 Å². The van der Waals surface area contributed by atoms with E-state index < -0.39 is 12.0 Å². The van der Waals surface area contributed by atoms with Crippen molar-refractivity contribution >= 4 is 23.4 Å². The lowest BCUT2D eigenvalue weighted by molar-refractivity contribution is -0.139. The highest BCUT2D eigenvalue weighted by molar-refractivity contribution is 7.07. The van der Waals surface area contributed by atoms with E-state index in [0.717, 1.165) is 33.8 Å². The second-order valence-electron chi connectivity index (χ2n) is 9.65. The molecule has 2 aromatic heterocycles. The predicted molar refractivity (Wildman–Crippen MR) is 162 cm³/mol. The number of rotatable bonds is 7. The molecule has 1 atom stereocenters. The summed E-state index contributed by atoms with van der Waals surface area (Å²) in [7, 11) is 1.63. The number of fused-ring (bicyclic) bond motifs is 1. The monoisotopic (exact) mass is 576 g/mol. The molecule has 6 rings (SSSR count). The van der Waals surface area contributed by atoms with E-state index in [4.69, 9.17) is 14.6 Å². The molecule has 0 saturated heterocycles. The summed E-state index contributed by atoms with van der Waals surface area (Å²) in [6.07, 6.45) is 3.76. The molecule has 1 aliphatic heterocycles. The number of ether oxygens (including phenoxy) is 2. The second-order valence-corrected chi connectivity index (χ2v) is 10.7. The number of nitrogens with zero attached hydrogens (tertiary/aromatic N) is 4. The zero-order valence-corrected chi connectivity index (χ0v) is 24.2. The minimum atomic E-state index is -0.656. The van der Waals surface area contributed by atoms with Crippen LogP contribution in [0.1, 0.15) is 31.0 Å². The van der Waals surface area contributed by atoms with Crippen molar-refractivity contribution < 1.29 is 14.3 Å². The first kappa shape index (κ1) is 27.2. The van der Waals surface area contributed by atoms with E-state index in [1.165, 1.54) is 11.3 Å². The molecule has 0 spiro atoms. The summed E-state index contributed by atoms with van der Waals surface area (Å²) in [5.74, 6) is 0.262. The smallest absolute Gasteiger partial charge is 0.338 e. The Morgan fingerprint density at radius 3 is 2.36 bits per heavy atom. The van der Waals surface area contributed by atoms with Crippen molar-refractivity contribution in [3.05, 3.63) is 133 Å². The van der Waals surface area contributed by atoms with Gasteiger partial charge < -0.3 is 9.47 Å². The van der Waals surface area contributed by atoms with E-state index in [9.17, 15) is 9.59 Å². The van der Waals surface area contributed by atoms with Crippen LogP contribution in [0, 0.1) is 0 Å². The van der Waals surface area contributed by atoms with Gasteiger partial charge in [-0.2, -0.15) is 5.10 Å². The molecule has 210 valence electrons. The van der Waals surface area contributed by atoms with Crippen LogP contribution in [0.3, 0.4) is 0 Å². The summed E-state index contributed by atoms with van der Waals surface area (Å²) >= 11 is 1.29. The summed E-state index contributed by atoms with van der Waals surface area (Å²) in [6, 6.07) is 26.3. The normalized spacial score (nSPS) is 14.8. The van der Waals surface area contributed by atoms with E-state index >= 15 is 0 Å². The van der Waals surface area contributed by atoms with Gasteiger partial charge in [0.25, 0.3) is 5.56 Å². The molecule has 0 N–H and O–H groups in total. The molecular weight excluding hydrogens is 548 g/mol. The highest BCUT2D eigenvalue weighted by atomic mass is 32.1. The van der Waals surface area contributed by atoms with Gasteiger partial charge in [0.2, 0.25) is 0 Å². The van der Waals surface area contributed by atoms with E-state index in [0.29, 0.717) is 20.6 Å². The molecule has 0 radical (unpaired) electrons. The first-order chi connectivity index (χ1) is 20.5. The van der Waals surface area contributed by atoms with Crippen LogP contribution in [0.5, 0.6) is 5.75 Å². The Balaban J connectivity index is 1.55. The first-order valence-corrected chi connectivity index (χ1v) is 14.3. The molecule has 1 aliphatic rings. The largest absolute Gasteiger partial charge is 0.497 e. The van der Waals surface area contributed by atoms with Crippen molar-refractivity contribution in [3.8, 4) is 22.7 Å². The van der Waals surface area contributed by atoms with Gasteiger partial charge in [0, 0.05) is 17.3 Å². The number of carbonyl (C=O) groups is 1. The minimum absolute atomic E-state index is 0.223. The zero-order valence-electron chi connectivity index (χ0n) is 23.4. The number of esters is 1. The van der Waals surface area contributed by atoms with Crippen molar-refractivity contribution in [1.29, 1.82) is 0 Å². The number of allylic oxidation sites excluding steroid dienone is 1. The van der Waals surface area contributed by atoms with Gasteiger partial charge >= 0.3 is 5.97 Å². The molecule has 0 fully saturated rings. The molecule has 3 aromatic carbocycles. The maximum Gasteiger partial charge on any atom is 0.338 e. The number of benzene rings is 3. The fourth-order valence-corrected chi connectivity index (χ4v) is 6.10. The number of methoxy groups -OCH3 is 1. The van der Waals surface area contributed by atoms with Crippen molar-refractivity contribution in [3.63, 3.8) is 0 Å². The Hall–Kier alpha value is -5.02. The Morgan fingerprint density at radius 1 is 1.00 bits per heavy atom. The molecule has 8 nitrogen and oxygen atoms in total. The summed E-state index contributed by atoms with van der Waals surface area (Å²) < 4.78 is 14.6. The highest BCUT2D eigenvalue weighted by Crippen LogP contribution is 2.31. The average Bonchev–Trinajstić information content (AvgIpc) is 3.58. The van der Waals surface area contributed by atoms with Crippen molar-refractivity contribution in [2.45, 2.75) is 19.9 Å². The molecular formula is C33H28N4O4S. The topological polar surface area (TPSA) is 87.7 Å². The lowest BCUT2D eigenvalue weighted by atomic mass is 9.96. The maximum absolute atomic E-state index is 14.1. The fourth-order valence-electron chi connectivity index (χ4n) is 5.06.